The van der Waals surface area contributed by atoms with Crippen molar-refractivity contribution in [3.05, 3.63) is 29.8 Å². The Bertz CT molecular complexity index is 427. The molecular formula is C17H25NO2. The lowest BCUT2D eigenvalue weighted by atomic mass is 9.85. The molecule has 0 bridgehead atoms. The number of hydrogen-bond donors (Lipinski definition) is 2. The van der Waals surface area contributed by atoms with Gasteiger partial charge in [0.1, 0.15) is 0 Å². The summed E-state index contributed by atoms with van der Waals surface area (Å²) in [6.45, 7) is 2.21. The van der Waals surface area contributed by atoms with Crippen LogP contribution in [0.25, 0.3) is 0 Å². The van der Waals surface area contributed by atoms with E-state index >= 15 is 0 Å². The smallest absolute Gasteiger partial charge is 0.306 e. The van der Waals surface area contributed by atoms with Gasteiger partial charge < -0.3 is 10.4 Å². The number of carboxylic acids is 1. The van der Waals surface area contributed by atoms with Crippen LogP contribution in [-0.2, 0) is 11.2 Å². The molecule has 0 aromatic heterocycles. The Morgan fingerprint density at radius 3 is 2.70 bits per heavy atom. The molecule has 0 saturated heterocycles. The molecule has 2 unspecified atom stereocenters. The molecule has 2 atom stereocenters. The second-order valence-electron chi connectivity index (χ2n) is 5.84. The Hall–Kier alpha value is -1.51. The van der Waals surface area contributed by atoms with Gasteiger partial charge in [-0.3, -0.25) is 4.79 Å². The molecule has 1 aromatic rings. The molecular weight excluding hydrogens is 250 g/mol. The van der Waals surface area contributed by atoms with Gasteiger partial charge in [-0.15, -0.1) is 0 Å². The fourth-order valence-electron chi connectivity index (χ4n) is 2.93. The molecule has 0 amide bonds. The minimum Gasteiger partial charge on any atom is -0.481 e. The average molecular weight is 275 g/mol. The van der Waals surface area contributed by atoms with Crippen LogP contribution in [-0.4, -0.2) is 17.1 Å². The zero-order chi connectivity index (χ0) is 14.4. The molecule has 1 saturated carbocycles. The zero-order valence-corrected chi connectivity index (χ0v) is 12.3. The summed E-state index contributed by atoms with van der Waals surface area (Å²) in [5.74, 6) is -0.823. The first-order valence-electron chi connectivity index (χ1n) is 7.77. The molecule has 2 N–H and O–H groups in total. The lowest BCUT2D eigenvalue weighted by Gasteiger charge is -2.28. The number of nitrogens with one attached hydrogen (secondary N) is 1. The monoisotopic (exact) mass is 275 g/mol. The highest BCUT2D eigenvalue weighted by Gasteiger charge is 2.26. The third-order valence-electron chi connectivity index (χ3n) is 4.17. The largest absolute Gasteiger partial charge is 0.481 e. The van der Waals surface area contributed by atoms with Crippen molar-refractivity contribution in [3.63, 3.8) is 0 Å². The SMILES string of the molecule is CCCCc1ccc(NC2CCCC(C(=O)O)C2)cc1. The van der Waals surface area contributed by atoms with E-state index in [1.165, 1.54) is 18.4 Å². The summed E-state index contributed by atoms with van der Waals surface area (Å²) in [5.41, 5.74) is 2.49. The second-order valence-corrected chi connectivity index (χ2v) is 5.84. The predicted octanol–water partition coefficient (Wildman–Crippen LogP) is 4.08. The topological polar surface area (TPSA) is 49.3 Å². The van der Waals surface area contributed by atoms with Crippen molar-refractivity contribution in [2.75, 3.05) is 5.32 Å². The van der Waals surface area contributed by atoms with E-state index in [1.54, 1.807) is 0 Å². The van der Waals surface area contributed by atoms with Crippen LogP contribution in [0.5, 0.6) is 0 Å². The maximum absolute atomic E-state index is 11.1. The number of anilines is 1. The van der Waals surface area contributed by atoms with Gasteiger partial charge in [0, 0.05) is 11.7 Å². The van der Waals surface area contributed by atoms with Crippen LogP contribution in [0.15, 0.2) is 24.3 Å². The summed E-state index contributed by atoms with van der Waals surface area (Å²) >= 11 is 0. The summed E-state index contributed by atoms with van der Waals surface area (Å²) in [6.07, 6.45) is 7.23. The number of hydrogen-bond acceptors (Lipinski definition) is 2. The highest BCUT2D eigenvalue weighted by Crippen LogP contribution is 2.27. The molecule has 3 heteroatoms. The van der Waals surface area contributed by atoms with Crippen LogP contribution in [0.4, 0.5) is 5.69 Å². The highest BCUT2D eigenvalue weighted by molar-refractivity contribution is 5.70. The van der Waals surface area contributed by atoms with Gasteiger partial charge in [-0.25, -0.2) is 0 Å². The molecule has 0 radical (unpaired) electrons. The van der Waals surface area contributed by atoms with Gasteiger partial charge in [0.25, 0.3) is 0 Å². The van der Waals surface area contributed by atoms with E-state index in [9.17, 15) is 4.79 Å². The van der Waals surface area contributed by atoms with Crippen molar-refractivity contribution in [3.8, 4) is 0 Å². The molecule has 3 nitrogen and oxygen atoms in total. The molecule has 0 aliphatic heterocycles. The third kappa shape index (κ3) is 4.26. The van der Waals surface area contributed by atoms with Crippen molar-refractivity contribution < 1.29 is 9.90 Å². The lowest BCUT2D eigenvalue weighted by molar-refractivity contribution is -0.142. The normalized spacial score (nSPS) is 22.4. The first kappa shape index (κ1) is 14.9. The van der Waals surface area contributed by atoms with Gasteiger partial charge in [0.15, 0.2) is 0 Å². The van der Waals surface area contributed by atoms with Gasteiger partial charge in [-0.05, 0) is 49.8 Å². The maximum atomic E-state index is 11.1. The van der Waals surface area contributed by atoms with Crippen molar-refractivity contribution >= 4 is 11.7 Å². The highest BCUT2D eigenvalue weighted by atomic mass is 16.4. The number of carbonyl (C=O) groups is 1. The van der Waals surface area contributed by atoms with Crippen LogP contribution >= 0.6 is 0 Å². The summed E-state index contributed by atoms with van der Waals surface area (Å²) < 4.78 is 0. The summed E-state index contributed by atoms with van der Waals surface area (Å²) in [7, 11) is 0. The lowest BCUT2D eigenvalue weighted by Crippen LogP contribution is -2.30. The van der Waals surface area contributed by atoms with Gasteiger partial charge in [0.05, 0.1) is 5.92 Å². The van der Waals surface area contributed by atoms with Gasteiger partial charge in [0.2, 0.25) is 0 Å². The molecule has 0 spiro atoms. The van der Waals surface area contributed by atoms with E-state index in [-0.39, 0.29) is 5.92 Å². The molecule has 20 heavy (non-hydrogen) atoms. The van der Waals surface area contributed by atoms with E-state index < -0.39 is 5.97 Å². The number of carboxylic acid groups (broad SMARTS) is 1. The molecule has 1 aromatic carbocycles. The number of aliphatic carboxylic acids is 1. The van der Waals surface area contributed by atoms with Gasteiger partial charge in [-0.2, -0.15) is 0 Å². The summed E-state index contributed by atoms with van der Waals surface area (Å²) in [5, 5.41) is 12.6. The maximum Gasteiger partial charge on any atom is 0.306 e. The van der Waals surface area contributed by atoms with E-state index in [0.29, 0.717) is 6.04 Å². The first-order valence-corrected chi connectivity index (χ1v) is 7.77. The Kier molecular flexibility index (Phi) is 5.45. The molecule has 0 heterocycles. The van der Waals surface area contributed by atoms with Crippen molar-refractivity contribution in [2.45, 2.75) is 57.9 Å². The van der Waals surface area contributed by atoms with Crippen LogP contribution in [0.2, 0.25) is 0 Å². The number of unbranched alkanes of at least 4 members (excludes halogenated alkanes) is 1. The Balaban J connectivity index is 1.87. The fourth-order valence-corrected chi connectivity index (χ4v) is 2.93. The van der Waals surface area contributed by atoms with E-state index in [4.69, 9.17) is 5.11 Å². The second kappa shape index (κ2) is 7.32. The quantitative estimate of drug-likeness (QED) is 0.822. The molecule has 2 rings (SSSR count). The first-order chi connectivity index (χ1) is 9.69. The standard InChI is InChI=1S/C17H25NO2/c1-2-3-5-13-8-10-15(11-9-13)18-16-7-4-6-14(12-16)17(19)20/h8-11,14,16,18H,2-7,12H2,1H3,(H,19,20). The molecule has 110 valence electrons. The minimum atomic E-state index is -0.647. The van der Waals surface area contributed by atoms with Crippen LogP contribution in [0.1, 0.15) is 51.0 Å². The number of rotatable bonds is 6. The predicted molar refractivity (Wildman–Crippen MR) is 82.1 cm³/mol. The van der Waals surface area contributed by atoms with E-state index in [2.05, 4.69) is 36.5 Å². The number of benzene rings is 1. The van der Waals surface area contributed by atoms with Crippen molar-refractivity contribution in [1.82, 2.24) is 0 Å². The Morgan fingerprint density at radius 1 is 1.30 bits per heavy atom. The van der Waals surface area contributed by atoms with Crippen molar-refractivity contribution in [2.24, 2.45) is 5.92 Å². The van der Waals surface area contributed by atoms with Crippen LogP contribution in [0, 0.1) is 5.92 Å². The summed E-state index contributed by atoms with van der Waals surface area (Å²) in [4.78, 5) is 11.1. The Morgan fingerprint density at radius 2 is 2.05 bits per heavy atom. The number of aryl methyl sites for hydroxylation is 1. The van der Waals surface area contributed by atoms with Gasteiger partial charge >= 0.3 is 5.97 Å². The molecule has 1 aliphatic carbocycles. The van der Waals surface area contributed by atoms with Crippen LogP contribution in [0.3, 0.4) is 0 Å². The average Bonchev–Trinajstić information content (AvgIpc) is 2.47. The van der Waals surface area contributed by atoms with E-state index in [0.717, 1.165) is 37.8 Å². The minimum absolute atomic E-state index is 0.176. The zero-order valence-electron chi connectivity index (χ0n) is 12.3. The molecule has 1 aliphatic rings. The summed E-state index contributed by atoms with van der Waals surface area (Å²) in [6, 6.07) is 8.89. The molecule has 1 fully saturated rings. The van der Waals surface area contributed by atoms with Crippen molar-refractivity contribution in [1.29, 1.82) is 0 Å². The van der Waals surface area contributed by atoms with Crippen LogP contribution < -0.4 is 5.32 Å². The van der Waals surface area contributed by atoms with E-state index in [1.807, 2.05) is 0 Å². The fraction of sp³-hybridized carbons (Fsp3) is 0.588. The third-order valence-corrected chi connectivity index (χ3v) is 4.17. The Labute approximate surface area is 121 Å². The van der Waals surface area contributed by atoms with Gasteiger partial charge in [-0.1, -0.05) is 31.9 Å².